The second-order valence-electron chi connectivity index (χ2n) is 10.6. The number of nitrogens with two attached hydrogens (primary N) is 1. The van der Waals surface area contributed by atoms with E-state index in [4.69, 9.17) is 5.73 Å². The Morgan fingerprint density at radius 2 is 1.95 bits per heavy atom. The van der Waals surface area contributed by atoms with Crippen LogP contribution in [0.2, 0.25) is 0 Å². The number of benzene rings is 1. The zero-order valence-corrected chi connectivity index (χ0v) is 21.7. The number of halogens is 2. The van der Waals surface area contributed by atoms with E-state index >= 15 is 4.39 Å². The van der Waals surface area contributed by atoms with E-state index in [0.717, 1.165) is 36.2 Å². The van der Waals surface area contributed by atoms with E-state index in [1.165, 1.54) is 19.9 Å². The van der Waals surface area contributed by atoms with Crippen LogP contribution < -0.4 is 11.1 Å². The molecule has 2 heterocycles. The average molecular weight is 523 g/mol. The molecule has 0 radical (unpaired) electrons. The zero-order valence-electron chi connectivity index (χ0n) is 21.7. The van der Waals surface area contributed by atoms with Crippen molar-refractivity contribution in [1.29, 1.82) is 0 Å². The zero-order chi connectivity index (χ0) is 27.6. The van der Waals surface area contributed by atoms with E-state index in [-0.39, 0.29) is 40.4 Å². The van der Waals surface area contributed by atoms with Crippen LogP contribution in [0.4, 0.5) is 14.5 Å². The number of aliphatic carboxylic acids is 1. The molecule has 1 saturated carbocycles. The first kappa shape index (κ1) is 27.3. The van der Waals surface area contributed by atoms with Crippen LogP contribution in [0.15, 0.2) is 42.7 Å². The van der Waals surface area contributed by atoms with Crippen molar-refractivity contribution in [3.63, 3.8) is 0 Å². The Morgan fingerprint density at radius 3 is 2.63 bits per heavy atom. The Bertz CT molecular complexity index is 1360. The topological polar surface area (TPSA) is 118 Å². The van der Waals surface area contributed by atoms with Crippen LogP contribution in [0, 0.1) is 17.6 Å². The minimum atomic E-state index is -1.38. The van der Waals surface area contributed by atoms with Crippen LogP contribution in [0.1, 0.15) is 66.2 Å². The monoisotopic (exact) mass is 522 g/mol. The molecule has 0 spiro atoms. The fraction of sp³-hybridized carbons (Fsp3) is 0.379. The molecule has 3 atom stereocenters. The number of anilines is 1. The molecule has 1 aliphatic carbocycles. The first-order chi connectivity index (χ1) is 18.0. The molecular formula is C29H32F2N4O3. The fourth-order valence-electron chi connectivity index (χ4n) is 5.46. The summed E-state index contributed by atoms with van der Waals surface area (Å²) in [6, 6.07) is 6.92. The number of carbonyl (C=O) groups excluding carboxylic acids is 1. The summed E-state index contributed by atoms with van der Waals surface area (Å²) in [6.07, 6.45) is 6.53. The maximum atomic E-state index is 15.7. The summed E-state index contributed by atoms with van der Waals surface area (Å²) in [7, 11) is 1.83. The van der Waals surface area contributed by atoms with Crippen LogP contribution in [0.5, 0.6) is 0 Å². The normalized spacial score (nSPS) is 19.7. The van der Waals surface area contributed by atoms with Crippen LogP contribution >= 0.6 is 0 Å². The summed E-state index contributed by atoms with van der Waals surface area (Å²) in [6.45, 7) is 2.99. The van der Waals surface area contributed by atoms with E-state index in [2.05, 4.69) is 15.3 Å². The molecule has 1 aromatic carbocycles. The lowest BCUT2D eigenvalue weighted by Gasteiger charge is -2.35. The van der Waals surface area contributed by atoms with Crippen molar-refractivity contribution in [2.24, 2.45) is 11.7 Å². The molecule has 9 heteroatoms. The molecule has 0 unspecified atom stereocenters. The van der Waals surface area contributed by atoms with E-state index < -0.39 is 23.0 Å². The number of pyridine rings is 2. The summed E-state index contributed by atoms with van der Waals surface area (Å²) in [5.74, 6) is -2.52. The molecule has 0 amide bonds. The summed E-state index contributed by atoms with van der Waals surface area (Å²) in [5.41, 5.74) is 7.44. The van der Waals surface area contributed by atoms with Crippen LogP contribution in [-0.4, -0.2) is 40.4 Å². The molecule has 1 fully saturated rings. The Labute approximate surface area is 220 Å². The van der Waals surface area contributed by atoms with Crippen molar-refractivity contribution in [1.82, 2.24) is 9.97 Å². The van der Waals surface area contributed by atoms with Crippen molar-refractivity contribution < 1.29 is 23.5 Å². The molecule has 0 saturated heterocycles. The van der Waals surface area contributed by atoms with Gasteiger partial charge in [-0.25, -0.2) is 13.8 Å². The smallest absolute Gasteiger partial charge is 0.313 e. The summed E-state index contributed by atoms with van der Waals surface area (Å²) >= 11 is 0. The minimum absolute atomic E-state index is 0.0141. The van der Waals surface area contributed by atoms with E-state index in [0.29, 0.717) is 24.7 Å². The number of carboxylic acids is 1. The Hall–Kier alpha value is -3.72. The second kappa shape index (κ2) is 10.9. The average Bonchev–Trinajstić information content (AvgIpc) is 2.88. The van der Waals surface area contributed by atoms with Gasteiger partial charge in [0.15, 0.2) is 6.29 Å². The van der Waals surface area contributed by atoms with E-state index in [9.17, 15) is 19.1 Å². The van der Waals surface area contributed by atoms with Crippen molar-refractivity contribution in [2.45, 2.75) is 56.9 Å². The van der Waals surface area contributed by atoms with Crippen molar-refractivity contribution in [2.75, 3.05) is 12.4 Å². The minimum Gasteiger partial charge on any atom is -0.481 e. The number of hydrogen-bond donors (Lipinski definition) is 3. The highest BCUT2D eigenvalue weighted by Crippen LogP contribution is 2.42. The van der Waals surface area contributed by atoms with Crippen molar-refractivity contribution in [3.05, 3.63) is 76.7 Å². The highest BCUT2D eigenvalue weighted by molar-refractivity contribution is 5.81. The summed E-state index contributed by atoms with van der Waals surface area (Å²) in [5, 5.41) is 13.0. The van der Waals surface area contributed by atoms with Gasteiger partial charge in [0.25, 0.3) is 0 Å². The van der Waals surface area contributed by atoms with Crippen LogP contribution in [0.25, 0.3) is 11.3 Å². The van der Waals surface area contributed by atoms with Crippen LogP contribution in [-0.2, 0) is 16.6 Å². The van der Waals surface area contributed by atoms with E-state index in [1.807, 2.05) is 13.1 Å². The third-order valence-corrected chi connectivity index (χ3v) is 7.57. The van der Waals surface area contributed by atoms with Gasteiger partial charge in [0, 0.05) is 24.8 Å². The highest BCUT2D eigenvalue weighted by atomic mass is 19.1. The number of aldehydes is 1. The molecular weight excluding hydrogens is 490 g/mol. The van der Waals surface area contributed by atoms with E-state index in [1.54, 1.807) is 18.5 Å². The lowest BCUT2D eigenvalue weighted by atomic mass is 9.72. The lowest BCUT2D eigenvalue weighted by Crippen LogP contribution is -2.33. The molecule has 4 rings (SSSR count). The maximum Gasteiger partial charge on any atom is 0.313 e. The molecule has 38 heavy (non-hydrogen) atoms. The van der Waals surface area contributed by atoms with Gasteiger partial charge in [-0.3, -0.25) is 14.6 Å². The lowest BCUT2D eigenvalue weighted by molar-refractivity contribution is -0.142. The predicted molar refractivity (Wildman–Crippen MR) is 141 cm³/mol. The second-order valence-corrected chi connectivity index (χ2v) is 10.6. The first-order valence-electron chi connectivity index (χ1n) is 12.6. The Kier molecular flexibility index (Phi) is 7.87. The quantitative estimate of drug-likeness (QED) is 0.353. The summed E-state index contributed by atoms with van der Waals surface area (Å²) < 4.78 is 30.7. The Morgan fingerprint density at radius 1 is 1.18 bits per heavy atom. The molecule has 3 aromatic rings. The number of hydrogen-bond acceptors (Lipinski definition) is 6. The van der Waals surface area contributed by atoms with Gasteiger partial charge in [-0.05, 0) is 92.3 Å². The van der Waals surface area contributed by atoms with Crippen LogP contribution in [0.3, 0.4) is 0 Å². The number of carbonyl (C=O) groups is 2. The largest absolute Gasteiger partial charge is 0.481 e. The standard InChI is InChI=1S/C29H32F2N4O3/c1-29(2,28(37)38)19-11-18(26(24(31)13-19)27-23(30)5-4-21(15-36)35-27)9-16-8-17(12-20(32)10-16)22-6-7-34-14-25(22)33-3/h4-7,11,13-17,20,33H,8-10,12,32H2,1-3H3,(H,37,38)/t16-,17-,20+/m1/s1. The number of carboxylic acid groups (broad SMARTS) is 1. The molecule has 7 nitrogen and oxygen atoms in total. The SMILES string of the molecule is CNc1cnccc1[C@H]1C[C@@H](N)C[C@@H](Cc2cc(C(C)(C)C(=O)O)cc(F)c2-c2nc(C=O)ccc2F)C1. The third-order valence-electron chi connectivity index (χ3n) is 7.57. The van der Waals surface area contributed by atoms with Gasteiger partial charge >= 0.3 is 5.97 Å². The van der Waals surface area contributed by atoms with Gasteiger partial charge in [0.1, 0.15) is 23.0 Å². The number of nitrogens with one attached hydrogen (secondary N) is 1. The van der Waals surface area contributed by atoms with Crippen molar-refractivity contribution >= 4 is 17.9 Å². The first-order valence-corrected chi connectivity index (χ1v) is 12.6. The third kappa shape index (κ3) is 5.43. The summed E-state index contributed by atoms with van der Waals surface area (Å²) in [4.78, 5) is 31.6. The fourth-order valence-corrected chi connectivity index (χ4v) is 5.46. The van der Waals surface area contributed by atoms with Crippen molar-refractivity contribution in [3.8, 4) is 11.3 Å². The number of aromatic nitrogens is 2. The predicted octanol–water partition coefficient (Wildman–Crippen LogP) is 5.09. The molecule has 0 bridgehead atoms. The molecule has 200 valence electrons. The van der Waals surface area contributed by atoms with Gasteiger partial charge in [0.2, 0.25) is 0 Å². The van der Waals surface area contributed by atoms with Gasteiger partial charge < -0.3 is 16.2 Å². The van der Waals surface area contributed by atoms with Gasteiger partial charge in [-0.15, -0.1) is 0 Å². The molecule has 1 aliphatic rings. The highest BCUT2D eigenvalue weighted by Gasteiger charge is 2.34. The number of nitrogens with zero attached hydrogens (tertiary/aromatic N) is 2. The Balaban J connectivity index is 1.80. The maximum absolute atomic E-state index is 15.7. The molecule has 4 N–H and O–H groups in total. The van der Waals surface area contributed by atoms with Gasteiger partial charge in [-0.2, -0.15) is 0 Å². The molecule has 2 aromatic heterocycles. The molecule has 0 aliphatic heterocycles. The van der Waals surface area contributed by atoms with Gasteiger partial charge in [-0.1, -0.05) is 6.07 Å². The van der Waals surface area contributed by atoms with Gasteiger partial charge in [0.05, 0.1) is 17.3 Å². The number of rotatable bonds is 8.